The van der Waals surface area contributed by atoms with E-state index < -0.39 is 5.97 Å². The molecule has 1 heterocycles. The number of unbranched alkanes of at least 4 members (excludes halogenated alkanes) is 15. The molecule has 0 atom stereocenters. The molecule has 0 aromatic heterocycles. The first-order chi connectivity index (χ1) is 18.6. The van der Waals surface area contributed by atoms with Crippen molar-refractivity contribution in [2.75, 3.05) is 60.0 Å². The molecule has 8 nitrogen and oxygen atoms in total. The smallest absolute Gasteiger partial charge is 0.280 e. The molecular formula is C30H59NO7. The van der Waals surface area contributed by atoms with Gasteiger partial charge < -0.3 is 33.7 Å². The van der Waals surface area contributed by atoms with Crippen molar-refractivity contribution in [3.8, 4) is 0 Å². The minimum Gasteiger partial charge on any atom is -0.382 e. The maximum Gasteiger partial charge on any atom is 0.280 e. The van der Waals surface area contributed by atoms with Crippen LogP contribution < -0.4 is 5.32 Å². The van der Waals surface area contributed by atoms with E-state index in [2.05, 4.69) is 12.2 Å². The molecular weight excluding hydrogens is 486 g/mol. The number of hydrogen-bond acceptors (Lipinski definition) is 7. The standard InChI is InChI=1S/C30H59NO7/c1-4-5-6-7-8-9-10-11-12-13-14-15-16-17-18-19-20-36-30(2)37-25-28(26-38-30)31-29(32)27-35-24-23-34-22-21-33-3/h28H,4-27H2,1-3H3,(H,31,32). The van der Waals surface area contributed by atoms with Crippen LogP contribution in [0.25, 0.3) is 0 Å². The van der Waals surface area contributed by atoms with Crippen LogP contribution in [0.4, 0.5) is 0 Å². The molecule has 0 aromatic carbocycles. The highest BCUT2D eigenvalue weighted by molar-refractivity contribution is 5.77. The molecule has 0 aliphatic carbocycles. The van der Waals surface area contributed by atoms with Crippen molar-refractivity contribution in [3.05, 3.63) is 0 Å². The lowest BCUT2D eigenvalue weighted by Gasteiger charge is -2.37. The maximum absolute atomic E-state index is 12.0. The quantitative estimate of drug-likeness (QED) is 0.124. The van der Waals surface area contributed by atoms with Crippen LogP contribution in [0, 0.1) is 0 Å². The van der Waals surface area contributed by atoms with Gasteiger partial charge in [-0.3, -0.25) is 4.79 Å². The Kier molecular flexibility index (Phi) is 23.4. The number of nitrogens with one attached hydrogen (secondary N) is 1. The van der Waals surface area contributed by atoms with E-state index in [0.717, 1.165) is 6.42 Å². The second kappa shape index (κ2) is 25.2. The van der Waals surface area contributed by atoms with E-state index in [-0.39, 0.29) is 18.6 Å². The fourth-order valence-corrected chi connectivity index (χ4v) is 4.46. The number of carbonyl (C=O) groups excluding carboxylic acids is 1. The SMILES string of the molecule is CCCCCCCCCCCCCCCCCCOC1(C)OCC(NC(=O)COCCOCCOC)CO1. The van der Waals surface area contributed by atoms with Gasteiger partial charge in [0.2, 0.25) is 5.91 Å². The number of amides is 1. The summed E-state index contributed by atoms with van der Waals surface area (Å²) in [4.78, 5) is 12.0. The Morgan fingerprint density at radius 2 is 1.18 bits per heavy atom. The van der Waals surface area contributed by atoms with Gasteiger partial charge in [0.05, 0.1) is 52.3 Å². The highest BCUT2D eigenvalue weighted by Crippen LogP contribution is 2.21. The van der Waals surface area contributed by atoms with Gasteiger partial charge in [0.15, 0.2) is 0 Å². The van der Waals surface area contributed by atoms with E-state index in [1.807, 2.05) is 0 Å². The lowest BCUT2D eigenvalue weighted by atomic mass is 10.0. The molecule has 0 radical (unpaired) electrons. The third-order valence-electron chi connectivity index (χ3n) is 6.86. The average molecular weight is 546 g/mol. The third kappa shape index (κ3) is 21.1. The Morgan fingerprint density at radius 3 is 1.71 bits per heavy atom. The van der Waals surface area contributed by atoms with Gasteiger partial charge in [-0.15, -0.1) is 0 Å². The Hall–Kier alpha value is -0.770. The minimum absolute atomic E-state index is 0.0167. The Morgan fingerprint density at radius 1 is 0.711 bits per heavy atom. The van der Waals surface area contributed by atoms with Crippen molar-refractivity contribution < 1.29 is 33.2 Å². The van der Waals surface area contributed by atoms with Crippen molar-refractivity contribution in [1.29, 1.82) is 0 Å². The highest BCUT2D eigenvalue weighted by atomic mass is 16.9. The normalized spacial score (nSPS) is 19.6. The number of hydrogen-bond donors (Lipinski definition) is 1. The maximum atomic E-state index is 12.0. The summed E-state index contributed by atoms with van der Waals surface area (Å²) in [6, 6.07) is -0.212. The van der Waals surface area contributed by atoms with Gasteiger partial charge in [-0.05, 0) is 6.42 Å². The van der Waals surface area contributed by atoms with Crippen LogP contribution in [0.15, 0.2) is 0 Å². The molecule has 1 aliphatic heterocycles. The molecule has 0 bridgehead atoms. The van der Waals surface area contributed by atoms with Crippen LogP contribution in [-0.4, -0.2) is 77.9 Å². The van der Waals surface area contributed by atoms with Gasteiger partial charge in [-0.2, -0.15) is 0 Å². The number of methoxy groups -OCH3 is 1. The zero-order valence-electron chi connectivity index (χ0n) is 24.9. The van der Waals surface area contributed by atoms with Crippen LogP contribution >= 0.6 is 0 Å². The first-order valence-electron chi connectivity index (χ1n) is 15.4. The zero-order chi connectivity index (χ0) is 27.6. The first kappa shape index (κ1) is 35.3. The fraction of sp³-hybridized carbons (Fsp3) is 0.967. The van der Waals surface area contributed by atoms with Crippen LogP contribution in [0.2, 0.25) is 0 Å². The average Bonchev–Trinajstić information content (AvgIpc) is 2.91. The summed E-state index contributed by atoms with van der Waals surface area (Å²) in [6.07, 6.45) is 21.6. The molecule has 1 N–H and O–H groups in total. The second-order valence-electron chi connectivity index (χ2n) is 10.6. The summed E-state index contributed by atoms with van der Waals surface area (Å²) in [7, 11) is 1.62. The van der Waals surface area contributed by atoms with Gasteiger partial charge in [0.25, 0.3) is 5.97 Å². The van der Waals surface area contributed by atoms with Crippen molar-refractivity contribution in [2.24, 2.45) is 0 Å². The van der Waals surface area contributed by atoms with Crippen molar-refractivity contribution in [3.63, 3.8) is 0 Å². The molecule has 1 aliphatic rings. The molecule has 8 heteroatoms. The molecule has 226 valence electrons. The van der Waals surface area contributed by atoms with E-state index >= 15 is 0 Å². The van der Waals surface area contributed by atoms with Gasteiger partial charge in [-0.25, -0.2) is 0 Å². The lowest BCUT2D eigenvalue weighted by Crippen LogP contribution is -2.53. The van der Waals surface area contributed by atoms with Crippen LogP contribution in [0.5, 0.6) is 0 Å². The molecule has 0 unspecified atom stereocenters. The molecule has 1 amide bonds. The summed E-state index contributed by atoms with van der Waals surface area (Å²) in [5.41, 5.74) is 0. The Labute approximate surface area is 233 Å². The molecule has 1 fully saturated rings. The first-order valence-corrected chi connectivity index (χ1v) is 15.4. The summed E-state index contributed by atoms with van der Waals surface area (Å²) in [6.45, 7) is 7.23. The van der Waals surface area contributed by atoms with Crippen molar-refractivity contribution in [1.82, 2.24) is 5.32 Å². The largest absolute Gasteiger partial charge is 0.382 e. The summed E-state index contributed by atoms with van der Waals surface area (Å²) in [5, 5.41) is 2.86. The van der Waals surface area contributed by atoms with Crippen molar-refractivity contribution in [2.45, 2.75) is 129 Å². The van der Waals surface area contributed by atoms with Gasteiger partial charge in [0.1, 0.15) is 6.61 Å². The third-order valence-corrected chi connectivity index (χ3v) is 6.86. The number of rotatable bonds is 27. The Balaban J connectivity index is 1.87. The monoisotopic (exact) mass is 545 g/mol. The zero-order valence-corrected chi connectivity index (χ0v) is 24.9. The van der Waals surface area contributed by atoms with E-state index in [1.165, 1.54) is 96.3 Å². The molecule has 0 spiro atoms. The minimum atomic E-state index is -1.03. The molecule has 1 rings (SSSR count). The summed E-state index contributed by atoms with van der Waals surface area (Å²) >= 11 is 0. The fourth-order valence-electron chi connectivity index (χ4n) is 4.46. The van der Waals surface area contributed by atoms with Crippen LogP contribution in [0.1, 0.15) is 117 Å². The van der Waals surface area contributed by atoms with E-state index in [4.69, 9.17) is 28.4 Å². The molecule has 38 heavy (non-hydrogen) atoms. The summed E-state index contributed by atoms with van der Waals surface area (Å²) in [5.74, 6) is -1.23. The predicted octanol–water partition coefficient (Wildman–Crippen LogP) is 6.15. The molecule has 0 aromatic rings. The molecule has 1 saturated heterocycles. The van der Waals surface area contributed by atoms with E-state index in [9.17, 15) is 4.79 Å². The second-order valence-corrected chi connectivity index (χ2v) is 10.6. The topological polar surface area (TPSA) is 84.5 Å². The van der Waals surface area contributed by atoms with Gasteiger partial charge in [0, 0.05) is 14.0 Å². The summed E-state index contributed by atoms with van der Waals surface area (Å²) < 4.78 is 32.9. The van der Waals surface area contributed by atoms with Crippen LogP contribution in [-0.2, 0) is 33.2 Å². The number of ether oxygens (including phenoxy) is 6. The van der Waals surface area contributed by atoms with E-state index in [1.54, 1.807) is 14.0 Å². The van der Waals surface area contributed by atoms with Crippen molar-refractivity contribution >= 4 is 5.91 Å². The number of carbonyl (C=O) groups is 1. The lowest BCUT2D eigenvalue weighted by molar-refractivity contribution is -0.392. The molecule has 0 saturated carbocycles. The van der Waals surface area contributed by atoms with Gasteiger partial charge >= 0.3 is 0 Å². The predicted molar refractivity (Wildman–Crippen MR) is 151 cm³/mol. The Bertz CT molecular complexity index is 527. The van der Waals surface area contributed by atoms with Gasteiger partial charge in [-0.1, -0.05) is 103 Å². The van der Waals surface area contributed by atoms with Crippen LogP contribution in [0.3, 0.4) is 0 Å². The van der Waals surface area contributed by atoms with E-state index in [0.29, 0.717) is 46.2 Å². The highest BCUT2D eigenvalue weighted by Gasteiger charge is 2.34.